The number of piperazine rings is 1. The molecule has 0 unspecified atom stereocenters. The van der Waals surface area contributed by atoms with Gasteiger partial charge in [0.15, 0.2) is 10.9 Å². The third-order valence-corrected chi connectivity index (χ3v) is 5.12. The number of halogens is 1. The van der Waals surface area contributed by atoms with Crippen LogP contribution in [0.15, 0.2) is 58.9 Å². The highest BCUT2D eigenvalue weighted by molar-refractivity contribution is 7.80. The minimum atomic E-state index is -0.706. The van der Waals surface area contributed by atoms with E-state index in [1.165, 1.54) is 30.7 Å². The quantitative estimate of drug-likeness (QED) is 0.453. The molecule has 4 rings (SSSR count). The van der Waals surface area contributed by atoms with Crippen molar-refractivity contribution >= 4 is 40.7 Å². The highest BCUT2D eigenvalue weighted by Gasteiger charge is 2.36. The molecule has 1 N–H and O–H groups in total. The van der Waals surface area contributed by atoms with E-state index in [-0.39, 0.29) is 28.0 Å². The summed E-state index contributed by atoms with van der Waals surface area (Å²) in [6, 6.07) is 8.93. The van der Waals surface area contributed by atoms with E-state index in [4.69, 9.17) is 16.6 Å². The molecule has 1 aromatic heterocycles. The zero-order valence-corrected chi connectivity index (χ0v) is 16.5. The van der Waals surface area contributed by atoms with Crippen molar-refractivity contribution in [1.82, 2.24) is 15.1 Å². The van der Waals surface area contributed by atoms with Crippen molar-refractivity contribution in [2.75, 3.05) is 31.1 Å². The number of nitrogens with zero attached hydrogens (tertiary/aromatic N) is 3. The highest BCUT2D eigenvalue weighted by Crippen LogP contribution is 2.24. The summed E-state index contributed by atoms with van der Waals surface area (Å²) in [5, 5.41) is 2.25. The average molecular weight is 428 g/mol. The summed E-state index contributed by atoms with van der Waals surface area (Å²) in [7, 11) is 0. The molecular weight excluding hydrogens is 411 g/mol. The van der Waals surface area contributed by atoms with Crippen molar-refractivity contribution in [3.63, 3.8) is 0 Å². The largest absolute Gasteiger partial charge is 0.459 e. The molecule has 0 atom stereocenters. The Morgan fingerprint density at radius 3 is 2.50 bits per heavy atom. The zero-order valence-electron chi connectivity index (χ0n) is 15.7. The SMILES string of the molecule is O=C1NC(=S)N(c2ccccc2F)C(=O)C1=CN1CCN(C(=O)c2ccco2)CC1. The molecule has 3 amide bonds. The fraction of sp³-hybridized carbons (Fsp3) is 0.200. The van der Waals surface area contributed by atoms with E-state index in [1.54, 1.807) is 28.0 Å². The van der Waals surface area contributed by atoms with Gasteiger partial charge in [0.2, 0.25) is 0 Å². The highest BCUT2D eigenvalue weighted by atomic mass is 32.1. The predicted octanol–water partition coefficient (Wildman–Crippen LogP) is 1.51. The number of benzene rings is 1. The van der Waals surface area contributed by atoms with Gasteiger partial charge >= 0.3 is 0 Å². The predicted molar refractivity (Wildman–Crippen MR) is 109 cm³/mol. The summed E-state index contributed by atoms with van der Waals surface area (Å²) in [5.74, 6) is -1.93. The number of hydrogen-bond acceptors (Lipinski definition) is 6. The first kappa shape index (κ1) is 19.8. The molecule has 2 aliphatic rings. The fourth-order valence-electron chi connectivity index (χ4n) is 3.29. The molecule has 154 valence electrons. The minimum absolute atomic E-state index is 0.0349. The first-order chi connectivity index (χ1) is 14.5. The van der Waals surface area contributed by atoms with Gasteiger partial charge < -0.3 is 14.2 Å². The van der Waals surface area contributed by atoms with Crippen LogP contribution in [0.5, 0.6) is 0 Å². The number of rotatable bonds is 3. The van der Waals surface area contributed by atoms with Gasteiger partial charge in [-0.2, -0.15) is 0 Å². The van der Waals surface area contributed by atoms with Gasteiger partial charge in [0.25, 0.3) is 17.7 Å². The van der Waals surface area contributed by atoms with E-state index in [9.17, 15) is 18.8 Å². The molecule has 2 aliphatic heterocycles. The van der Waals surface area contributed by atoms with E-state index in [0.717, 1.165) is 4.90 Å². The molecule has 0 bridgehead atoms. The van der Waals surface area contributed by atoms with Crippen LogP contribution in [0.25, 0.3) is 0 Å². The molecule has 2 fully saturated rings. The summed E-state index contributed by atoms with van der Waals surface area (Å²) in [6.45, 7) is 1.63. The lowest BCUT2D eigenvalue weighted by molar-refractivity contribution is -0.122. The van der Waals surface area contributed by atoms with Crippen LogP contribution in [0, 0.1) is 5.82 Å². The van der Waals surface area contributed by atoms with Crippen molar-refractivity contribution < 1.29 is 23.2 Å². The standard InChI is InChI=1S/C20H17FN4O4S/c21-14-4-1-2-5-15(14)25-18(27)13(17(26)22-20(25)30)12-23-7-9-24(10-8-23)19(28)16-6-3-11-29-16/h1-6,11-12H,7-10H2,(H,22,26,30). The van der Waals surface area contributed by atoms with Crippen LogP contribution in [-0.2, 0) is 9.59 Å². The number of anilines is 1. The Morgan fingerprint density at radius 2 is 1.83 bits per heavy atom. The lowest BCUT2D eigenvalue weighted by Crippen LogP contribution is -2.55. The number of nitrogens with one attached hydrogen (secondary N) is 1. The van der Waals surface area contributed by atoms with Crippen molar-refractivity contribution in [2.24, 2.45) is 0 Å². The topological polar surface area (TPSA) is 86.1 Å². The molecule has 0 aliphatic carbocycles. The number of carbonyl (C=O) groups is 3. The van der Waals surface area contributed by atoms with Crippen LogP contribution in [0.1, 0.15) is 10.6 Å². The lowest BCUT2D eigenvalue weighted by Gasteiger charge is -2.35. The smallest absolute Gasteiger partial charge is 0.289 e. The van der Waals surface area contributed by atoms with Gasteiger partial charge in [0, 0.05) is 32.4 Å². The maximum absolute atomic E-state index is 14.2. The number of carbonyl (C=O) groups excluding carboxylic acids is 3. The number of hydrogen-bond donors (Lipinski definition) is 1. The molecule has 0 radical (unpaired) electrons. The Balaban J connectivity index is 1.50. The molecule has 10 heteroatoms. The second-order valence-corrected chi connectivity index (χ2v) is 7.09. The molecule has 1 aromatic carbocycles. The summed E-state index contributed by atoms with van der Waals surface area (Å²) < 4.78 is 19.3. The minimum Gasteiger partial charge on any atom is -0.459 e. The Labute approximate surface area is 176 Å². The first-order valence-corrected chi connectivity index (χ1v) is 9.59. The molecule has 0 saturated carbocycles. The summed E-state index contributed by atoms with van der Waals surface area (Å²) in [4.78, 5) is 42.0. The second kappa shape index (κ2) is 8.07. The van der Waals surface area contributed by atoms with Crippen molar-refractivity contribution in [1.29, 1.82) is 0 Å². The number of para-hydroxylation sites is 1. The van der Waals surface area contributed by atoms with Crippen molar-refractivity contribution in [3.05, 3.63) is 66.0 Å². The van der Waals surface area contributed by atoms with Gasteiger partial charge in [-0.1, -0.05) is 12.1 Å². The Hall–Kier alpha value is -3.53. The number of furan rings is 1. The molecule has 2 saturated heterocycles. The lowest BCUT2D eigenvalue weighted by atomic mass is 10.1. The van der Waals surface area contributed by atoms with E-state index in [2.05, 4.69) is 5.32 Å². The third kappa shape index (κ3) is 3.69. The van der Waals surface area contributed by atoms with Gasteiger partial charge in [-0.05, 0) is 36.5 Å². The van der Waals surface area contributed by atoms with Gasteiger partial charge in [0.1, 0.15) is 11.4 Å². The van der Waals surface area contributed by atoms with E-state index in [1.807, 2.05) is 0 Å². The van der Waals surface area contributed by atoms with Crippen LogP contribution >= 0.6 is 12.2 Å². The normalized spacial score (nSPS) is 18.8. The fourth-order valence-corrected chi connectivity index (χ4v) is 3.56. The molecule has 8 nitrogen and oxygen atoms in total. The summed E-state index contributed by atoms with van der Waals surface area (Å²) in [6.07, 6.45) is 2.87. The second-order valence-electron chi connectivity index (χ2n) is 6.70. The molecular formula is C20H17FN4O4S. The van der Waals surface area contributed by atoms with Gasteiger partial charge in [-0.25, -0.2) is 9.29 Å². The molecule has 0 spiro atoms. The number of amides is 3. The number of thiocarbonyl (C=S) groups is 1. The average Bonchev–Trinajstić information content (AvgIpc) is 3.27. The first-order valence-electron chi connectivity index (χ1n) is 9.18. The van der Waals surface area contributed by atoms with Crippen LogP contribution in [0.2, 0.25) is 0 Å². The van der Waals surface area contributed by atoms with Crippen LogP contribution in [0.3, 0.4) is 0 Å². The molecule has 30 heavy (non-hydrogen) atoms. The van der Waals surface area contributed by atoms with E-state index >= 15 is 0 Å². The monoisotopic (exact) mass is 428 g/mol. The van der Waals surface area contributed by atoms with Crippen molar-refractivity contribution in [2.45, 2.75) is 0 Å². The summed E-state index contributed by atoms with van der Waals surface area (Å²) in [5.41, 5.74) is -0.190. The Morgan fingerprint density at radius 1 is 1.10 bits per heavy atom. The maximum atomic E-state index is 14.2. The van der Waals surface area contributed by atoms with E-state index in [0.29, 0.717) is 26.2 Å². The van der Waals surface area contributed by atoms with Crippen LogP contribution in [-0.4, -0.2) is 58.8 Å². The Kier molecular flexibility index (Phi) is 5.32. The van der Waals surface area contributed by atoms with Crippen LogP contribution < -0.4 is 10.2 Å². The van der Waals surface area contributed by atoms with E-state index < -0.39 is 17.6 Å². The maximum Gasteiger partial charge on any atom is 0.289 e. The third-order valence-electron chi connectivity index (χ3n) is 4.84. The van der Waals surface area contributed by atoms with Gasteiger partial charge in [-0.3, -0.25) is 19.7 Å². The summed E-state index contributed by atoms with van der Waals surface area (Å²) >= 11 is 5.08. The molecule has 3 heterocycles. The van der Waals surface area contributed by atoms with Gasteiger partial charge in [0.05, 0.1) is 12.0 Å². The van der Waals surface area contributed by atoms with Crippen molar-refractivity contribution in [3.8, 4) is 0 Å². The zero-order chi connectivity index (χ0) is 21.3. The Bertz CT molecular complexity index is 1040. The molecule has 2 aromatic rings. The van der Waals surface area contributed by atoms with Gasteiger partial charge in [-0.15, -0.1) is 0 Å². The van der Waals surface area contributed by atoms with Crippen LogP contribution in [0.4, 0.5) is 10.1 Å².